The van der Waals surface area contributed by atoms with Crippen molar-refractivity contribution in [2.24, 2.45) is 0 Å². The fourth-order valence-corrected chi connectivity index (χ4v) is 6.72. The van der Waals surface area contributed by atoms with Gasteiger partial charge in [0.05, 0.1) is 12.3 Å². The number of piperazine rings is 1. The normalized spacial score (nSPS) is 33.4. The number of aromatic hydroxyl groups is 1. The van der Waals surface area contributed by atoms with Crippen LogP contribution in [-0.2, 0) is 16.0 Å². The first-order chi connectivity index (χ1) is 9.98. The van der Waals surface area contributed by atoms with Crippen molar-refractivity contribution in [1.82, 2.24) is 4.90 Å². The van der Waals surface area contributed by atoms with Crippen molar-refractivity contribution < 1.29 is 19.8 Å². The number of aliphatic hydroxyl groups excluding tert-OH is 1. The largest absolute Gasteiger partial charge is 0.506 e. The van der Waals surface area contributed by atoms with E-state index in [1.807, 2.05) is 6.07 Å². The Labute approximate surface area is 128 Å². The van der Waals surface area contributed by atoms with Crippen LogP contribution in [0.4, 0.5) is 5.69 Å². The molecule has 3 fully saturated rings. The van der Waals surface area contributed by atoms with Crippen LogP contribution in [-0.4, -0.2) is 50.3 Å². The fraction of sp³-hybridized carbons (Fsp3) is 0.385. The van der Waals surface area contributed by atoms with Gasteiger partial charge in [-0.05, 0) is 22.4 Å². The van der Waals surface area contributed by atoms with Gasteiger partial charge < -0.3 is 15.1 Å². The number of anilines is 1. The van der Waals surface area contributed by atoms with Gasteiger partial charge in [-0.3, -0.25) is 14.5 Å². The number of carbonyl (C=O) groups excluding carboxylic acids is 2. The van der Waals surface area contributed by atoms with Gasteiger partial charge in [0.1, 0.15) is 5.75 Å². The molecule has 4 heterocycles. The Hall–Kier alpha value is -1.38. The lowest BCUT2D eigenvalue weighted by molar-refractivity contribution is -0.149. The highest BCUT2D eigenvalue weighted by Gasteiger charge is 2.71. The molecule has 0 aliphatic carbocycles. The van der Waals surface area contributed by atoms with E-state index in [2.05, 4.69) is 0 Å². The SMILES string of the molecule is CN1C(=O)[C@@]23Cc4cccc(O)c4N2C(=O)[C@]1(CO)SS3. The van der Waals surface area contributed by atoms with Crippen LogP contribution in [0.3, 0.4) is 0 Å². The molecule has 1 spiro atoms. The maximum Gasteiger partial charge on any atom is 0.268 e. The van der Waals surface area contributed by atoms with Crippen molar-refractivity contribution in [2.75, 3.05) is 18.6 Å². The van der Waals surface area contributed by atoms with Crippen molar-refractivity contribution in [1.29, 1.82) is 0 Å². The molecule has 5 rings (SSSR count). The number of fused-ring (bicyclic) bond motifs is 3. The molecule has 3 saturated heterocycles. The van der Waals surface area contributed by atoms with E-state index < -0.39 is 16.3 Å². The molecule has 0 saturated carbocycles. The number of rotatable bonds is 1. The summed E-state index contributed by atoms with van der Waals surface area (Å²) in [5.41, 5.74) is 1.17. The number of carbonyl (C=O) groups is 2. The van der Waals surface area contributed by atoms with E-state index in [9.17, 15) is 19.8 Å². The second-order valence-electron chi connectivity index (χ2n) is 5.36. The lowest BCUT2D eigenvalue weighted by Crippen LogP contribution is -2.77. The highest BCUT2D eigenvalue weighted by Crippen LogP contribution is 2.64. The molecule has 2 bridgehead atoms. The molecule has 8 heteroatoms. The van der Waals surface area contributed by atoms with Crippen molar-refractivity contribution in [3.05, 3.63) is 23.8 Å². The van der Waals surface area contributed by atoms with Crippen LogP contribution in [0.2, 0.25) is 0 Å². The number of hydrogen-bond donors (Lipinski definition) is 2. The third-order valence-electron chi connectivity index (χ3n) is 4.36. The zero-order valence-electron chi connectivity index (χ0n) is 11.1. The van der Waals surface area contributed by atoms with Gasteiger partial charge in [-0.1, -0.05) is 22.9 Å². The summed E-state index contributed by atoms with van der Waals surface area (Å²) in [5, 5.41) is 19.8. The molecule has 0 unspecified atom stereocenters. The third-order valence-corrected chi connectivity index (χ3v) is 7.98. The molecule has 1 aromatic carbocycles. The summed E-state index contributed by atoms with van der Waals surface area (Å²) in [5.74, 6) is -0.578. The molecule has 2 amide bonds. The summed E-state index contributed by atoms with van der Waals surface area (Å²) in [4.78, 5) is 26.1. The first kappa shape index (κ1) is 13.3. The topological polar surface area (TPSA) is 81.1 Å². The monoisotopic (exact) mass is 324 g/mol. The quantitative estimate of drug-likeness (QED) is 0.734. The molecule has 6 nitrogen and oxygen atoms in total. The second kappa shape index (κ2) is 3.88. The van der Waals surface area contributed by atoms with Crippen molar-refractivity contribution in [2.45, 2.75) is 16.2 Å². The van der Waals surface area contributed by atoms with Crippen LogP contribution in [0.5, 0.6) is 5.75 Å². The second-order valence-corrected chi connectivity index (χ2v) is 8.04. The van der Waals surface area contributed by atoms with Crippen LogP contribution in [0.15, 0.2) is 18.2 Å². The standard InChI is InChI=1S/C13H12N2O4S2/c1-14-10(18)12-5-7-3-2-4-8(17)9(7)15(12)11(19)13(14,6-16)21-20-12/h2-4,16-17H,5-6H2,1H3/t12-,13-/m0/s1. The first-order valence-electron chi connectivity index (χ1n) is 6.39. The molecule has 0 radical (unpaired) electrons. The minimum absolute atomic E-state index is 0.0144. The van der Waals surface area contributed by atoms with Gasteiger partial charge in [0.15, 0.2) is 4.87 Å². The Kier molecular flexibility index (Phi) is 2.45. The van der Waals surface area contributed by atoms with Gasteiger partial charge in [0, 0.05) is 13.5 Å². The highest BCUT2D eigenvalue weighted by molar-refractivity contribution is 8.78. The number of nitrogens with zero attached hydrogens (tertiary/aromatic N) is 2. The molecule has 2 atom stereocenters. The molecular weight excluding hydrogens is 312 g/mol. The molecule has 2 N–H and O–H groups in total. The Morgan fingerprint density at radius 1 is 1.29 bits per heavy atom. The smallest absolute Gasteiger partial charge is 0.268 e. The maximum absolute atomic E-state index is 12.9. The lowest BCUT2D eigenvalue weighted by Gasteiger charge is -2.57. The van der Waals surface area contributed by atoms with Gasteiger partial charge in [-0.2, -0.15) is 0 Å². The lowest BCUT2D eigenvalue weighted by atomic mass is 10.0. The number of phenolic OH excluding ortho intramolecular Hbond substituents is 1. The van der Waals surface area contributed by atoms with Crippen molar-refractivity contribution in [3.8, 4) is 5.75 Å². The number of para-hydroxylation sites is 1. The van der Waals surface area contributed by atoms with Crippen LogP contribution in [0.25, 0.3) is 0 Å². The minimum Gasteiger partial charge on any atom is -0.506 e. The Morgan fingerprint density at radius 2 is 2.05 bits per heavy atom. The minimum atomic E-state index is -1.31. The molecule has 21 heavy (non-hydrogen) atoms. The van der Waals surface area contributed by atoms with Crippen LogP contribution in [0, 0.1) is 0 Å². The Balaban J connectivity index is 1.99. The number of aliphatic hydroxyl groups is 1. The number of hydrogen-bond acceptors (Lipinski definition) is 6. The zero-order valence-corrected chi connectivity index (χ0v) is 12.7. The van der Waals surface area contributed by atoms with E-state index in [0.717, 1.165) is 5.56 Å². The van der Waals surface area contributed by atoms with E-state index >= 15 is 0 Å². The summed E-state index contributed by atoms with van der Waals surface area (Å²) in [6, 6.07) is 5.02. The fourth-order valence-electron chi connectivity index (χ4n) is 3.21. The summed E-state index contributed by atoms with van der Waals surface area (Å²) in [7, 11) is 4.06. The molecule has 4 aliphatic rings. The average molecular weight is 324 g/mol. The Bertz CT molecular complexity index is 697. The highest BCUT2D eigenvalue weighted by atomic mass is 33.1. The van der Waals surface area contributed by atoms with Gasteiger partial charge >= 0.3 is 0 Å². The van der Waals surface area contributed by atoms with Crippen LogP contribution >= 0.6 is 21.6 Å². The van der Waals surface area contributed by atoms with E-state index in [4.69, 9.17) is 0 Å². The van der Waals surface area contributed by atoms with Gasteiger partial charge in [-0.15, -0.1) is 0 Å². The zero-order chi connectivity index (χ0) is 15.0. The number of likely N-dealkylation sites (N-methyl/N-ethyl adjacent to an activating group) is 1. The van der Waals surface area contributed by atoms with Crippen LogP contribution in [0.1, 0.15) is 5.56 Å². The van der Waals surface area contributed by atoms with Gasteiger partial charge in [0.2, 0.25) is 4.87 Å². The summed E-state index contributed by atoms with van der Waals surface area (Å²) >= 11 is 0. The molecule has 110 valence electrons. The molecular formula is C13H12N2O4S2. The van der Waals surface area contributed by atoms with Gasteiger partial charge in [-0.25, -0.2) is 0 Å². The number of phenols is 1. The predicted octanol–water partition coefficient (Wildman–Crippen LogP) is 0.533. The van der Waals surface area contributed by atoms with Crippen molar-refractivity contribution >= 4 is 39.1 Å². The van der Waals surface area contributed by atoms with Crippen molar-refractivity contribution in [3.63, 3.8) is 0 Å². The summed E-state index contributed by atoms with van der Waals surface area (Å²) < 4.78 is 0. The first-order valence-corrected chi connectivity index (χ1v) is 8.54. The van der Waals surface area contributed by atoms with Crippen LogP contribution < -0.4 is 4.90 Å². The van der Waals surface area contributed by atoms with E-state index in [0.29, 0.717) is 12.1 Å². The number of amides is 2. The molecule has 1 aromatic rings. The van der Waals surface area contributed by atoms with Gasteiger partial charge in [0.25, 0.3) is 11.8 Å². The maximum atomic E-state index is 12.9. The summed E-state index contributed by atoms with van der Waals surface area (Å²) in [6.07, 6.45) is 0.366. The van der Waals surface area contributed by atoms with E-state index in [1.165, 1.54) is 37.5 Å². The molecule has 0 aromatic heterocycles. The average Bonchev–Trinajstić information content (AvgIpc) is 2.83. The summed E-state index contributed by atoms with van der Waals surface area (Å²) in [6.45, 7) is -0.457. The van der Waals surface area contributed by atoms with E-state index in [1.54, 1.807) is 13.1 Å². The number of benzene rings is 1. The third kappa shape index (κ3) is 1.27. The molecule has 4 aliphatic heterocycles. The Morgan fingerprint density at radius 3 is 2.76 bits per heavy atom. The predicted molar refractivity (Wildman–Crippen MR) is 79.8 cm³/mol. The van der Waals surface area contributed by atoms with E-state index in [-0.39, 0.29) is 17.6 Å².